The minimum atomic E-state index is 0.936. The van der Waals surface area contributed by atoms with Gasteiger partial charge in [-0.25, -0.2) is 0 Å². The molecule has 0 saturated heterocycles. The van der Waals surface area contributed by atoms with Crippen molar-refractivity contribution in [2.24, 2.45) is 0 Å². The summed E-state index contributed by atoms with van der Waals surface area (Å²) in [5, 5.41) is 0. The van der Waals surface area contributed by atoms with Crippen LogP contribution in [-0.4, -0.2) is 4.98 Å². The summed E-state index contributed by atoms with van der Waals surface area (Å²) in [7, 11) is 0. The number of aryl methyl sites for hydroxylation is 1. The van der Waals surface area contributed by atoms with Crippen LogP contribution in [0.4, 0.5) is 0 Å². The third-order valence-electron chi connectivity index (χ3n) is 2.10. The molecular formula is C13H13NS. The van der Waals surface area contributed by atoms with E-state index < -0.39 is 0 Å². The molecule has 1 heterocycles. The predicted octanol–water partition coefficient (Wildman–Crippen LogP) is 3.68. The molecule has 0 bridgehead atoms. The Balaban J connectivity index is 1.99. The van der Waals surface area contributed by atoms with Crippen molar-refractivity contribution in [3.8, 4) is 0 Å². The summed E-state index contributed by atoms with van der Waals surface area (Å²) in [5.41, 5.74) is 2.41. The summed E-state index contributed by atoms with van der Waals surface area (Å²) < 4.78 is 0. The van der Waals surface area contributed by atoms with Crippen molar-refractivity contribution in [2.45, 2.75) is 17.6 Å². The molecule has 0 aliphatic carbocycles. The van der Waals surface area contributed by atoms with Crippen LogP contribution in [0.25, 0.3) is 0 Å². The second-order valence-electron chi connectivity index (χ2n) is 3.43. The van der Waals surface area contributed by atoms with Gasteiger partial charge in [-0.2, -0.15) is 0 Å². The summed E-state index contributed by atoms with van der Waals surface area (Å²) in [6.07, 6.45) is 1.87. The fourth-order valence-corrected chi connectivity index (χ4v) is 2.17. The van der Waals surface area contributed by atoms with Crippen LogP contribution in [0.15, 0.2) is 53.6 Å². The molecule has 0 unspecified atom stereocenters. The highest BCUT2D eigenvalue weighted by atomic mass is 32.2. The van der Waals surface area contributed by atoms with E-state index in [2.05, 4.69) is 42.2 Å². The summed E-state index contributed by atoms with van der Waals surface area (Å²) in [6, 6.07) is 14.6. The maximum Gasteiger partial charge on any atom is 0.0508 e. The molecule has 15 heavy (non-hydrogen) atoms. The zero-order chi connectivity index (χ0) is 10.5. The first-order valence-corrected chi connectivity index (χ1v) is 5.92. The predicted molar refractivity (Wildman–Crippen MR) is 65.0 cm³/mol. The van der Waals surface area contributed by atoms with Crippen LogP contribution < -0.4 is 0 Å². The van der Waals surface area contributed by atoms with Gasteiger partial charge in [0, 0.05) is 16.8 Å². The SMILES string of the molecule is Cc1ccnc(CSc2ccccc2)c1. The van der Waals surface area contributed by atoms with Crippen LogP contribution in [0, 0.1) is 6.92 Å². The van der Waals surface area contributed by atoms with E-state index in [4.69, 9.17) is 0 Å². The van der Waals surface area contributed by atoms with Gasteiger partial charge in [0.1, 0.15) is 0 Å². The van der Waals surface area contributed by atoms with Crippen molar-refractivity contribution in [2.75, 3.05) is 0 Å². The van der Waals surface area contributed by atoms with Crippen molar-refractivity contribution in [1.82, 2.24) is 4.98 Å². The molecule has 0 atom stereocenters. The van der Waals surface area contributed by atoms with Gasteiger partial charge in [0.25, 0.3) is 0 Å². The Labute approximate surface area is 94.6 Å². The number of nitrogens with zero attached hydrogens (tertiary/aromatic N) is 1. The Kier molecular flexibility index (Phi) is 3.41. The van der Waals surface area contributed by atoms with Crippen LogP contribution in [-0.2, 0) is 5.75 Å². The monoisotopic (exact) mass is 215 g/mol. The highest BCUT2D eigenvalue weighted by Crippen LogP contribution is 2.21. The van der Waals surface area contributed by atoms with Gasteiger partial charge in [-0.15, -0.1) is 11.8 Å². The topological polar surface area (TPSA) is 12.9 Å². The fourth-order valence-electron chi connectivity index (χ4n) is 1.35. The molecule has 76 valence electrons. The highest BCUT2D eigenvalue weighted by molar-refractivity contribution is 7.98. The molecule has 1 aromatic carbocycles. The maximum atomic E-state index is 4.33. The van der Waals surface area contributed by atoms with Crippen LogP contribution >= 0.6 is 11.8 Å². The largest absolute Gasteiger partial charge is 0.260 e. The molecule has 2 heteroatoms. The van der Waals surface area contributed by atoms with Gasteiger partial charge in [-0.05, 0) is 36.8 Å². The van der Waals surface area contributed by atoms with Crippen LogP contribution in [0.3, 0.4) is 0 Å². The van der Waals surface area contributed by atoms with Gasteiger partial charge in [0.05, 0.1) is 5.69 Å². The molecule has 0 radical (unpaired) electrons. The lowest BCUT2D eigenvalue weighted by molar-refractivity contribution is 1.15. The minimum Gasteiger partial charge on any atom is -0.260 e. The third-order valence-corrected chi connectivity index (χ3v) is 3.15. The number of hydrogen-bond donors (Lipinski definition) is 0. The Bertz CT molecular complexity index is 426. The lowest BCUT2D eigenvalue weighted by Gasteiger charge is -2.01. The molecule has 2 aromatic rings. The van der Waals surface area contributed by atoms with E-state index in [0.717, 1.165) is 11.4 Å². The average molecular weight is 215 g/mol. The Morgan fingerprint density at radius 2 is 1.93 bits per heavy atom. The van der Waals surface area contributed by atoms with Crippen molar-refractivity contribution < 1.29 is 0 Å². The number of pyridine rings is 1. The van der Waals surface area contributed by atoms with Gasteiger partial charge in [0.15, 0.2) is 0 Å². The molecule has 0 N–H and O–H groups in total. The zero-order valence-corrected chi connectivity index (χ0v) is 9.50. The van der Waals surface area contributed by atoms with Gasteiger partial charge >= 0.3 is 0 Å². The first-order valence-electron chi connectivity index (χ1n) is 4.94. The van der Waals surface area contributed by atoms with E-state index in [1.54, 1.807) is 0 Å². The lowest BCUT2D eigenvalue weighted by Crippen LogP contribution is -1.86. The van der Waals surface area contributed by atoms with Gasteiger partial charge < -0.3 is 0 Å². The smallest absolute Gasteiger partial charge is 0.0508 e. The number of hydrogen-bond acceptors (Lipinski definition) is 2. The lowest BCUT2D eigenvalue weighted by atomic mass is 10.3. The van der Waals surface area contributed by atoms with E-state index in [1.165, 1.54) is 10.5 Å². The van der Waals surface area contributed by atoms with Crippen LogP contribution in [0.1, 0.15) is 11.3 Å². The molecule has 1 nitrogen and oxygen atoms in total. The maximum absolute atomic E-state index is 4.33. The number of aromatic nitrogens is 1. The number of rotatable bonds is 3. The van der Waals surface area contributed by atoms with Gasteiger partial charge in [-0.3, -0.25) is 4.98 Å². The third kappa shape index (κ3) is 3.10. The summed E-state index contributed by atoms with van der Waals surface area (Å²) in [4.78, 5) is 5.63. The quantitative estimate of drug-likeness (QED) is 0.724. The summed E-state index contributed by atoms with van der Waals surface area (Å²) >= 11 is 1.82. The molecule has 2 rings (SSSR count). The first kappa shape index (κ1) is 10.2. The van der Waals surface area contributed by atoms with Crippen molar-refractivity contribution >= 4 is 11.8 Å². The van der Waals surface area contributed by atoms with Gasteiger partial charge in [0.2, 0.25) is 0 Å². The standard InChI is InChI=1S/C13H13NS/c1-11-7-8-14-12(9-11)10-15-13-5-3-2-4-6-13/h2-9H,10H2,1H3. The van der Waals surface area contributed by atoms with E-state index in [9.17, 15) is 0 Å². The van der Waals surface area contributed by atoms with E-state index in [-0.39, 0.29) is 0 Å². The normalized spacial score (nSPS) is 10.2. The van der Waals surface area contributed by atoms with Crippen LogP contribution in [0.5, 0.6) is 0 Å². The molecule has 0 aliphatic heterocycles. The van der Waals surface area contributed by atoms with Crippen molar-refractivity contribution in [3.05, 3.63) is 59.9 Å². The highest BCUT2D eigenvalue weighted by Gasteiger charge is 1.96. The second-order valence-corrected chi connectivity index (χ2v) is 4.48. The van der Waals surface area contributed by atoms with E-state index in [1.807, 2.05) is 30.1 Å². The summed E-state index contributed by atoms with van der Waals surface area (Å²) in [6.45, 7) is 2.10. The molecule has 0 aliphatic rings. The zero-order valence-electron chi connectivity index (χ0n) is 8.68. The Morgan fingerprint density at radius 3 is 2.67 bits per heavy atom. The molecular weight excluding hydrogens is 202 g/mol. The average Bonchev–Trinajstić information content (AvgIpc) is 2.28. The summed E-state index contributed by atoms with van der Waals surface area (Å²) in [5.74, 6) is 0.936. The fraction of sp³-hybridized carbons (Fsp3) is 0.154. The van der Waals surface area contributed by atoms with Crippen molar-refractivity contribution in [3.63, 3.8) is 0 Å². The Morgan fingerprint density at radius 1 is 1.13 bits per heavy atom. The molecule has 1 aromatic heterocycles. The molecule has 0 amide bonds. The molecule has 0 spiro atoms. The van der Waals surface area contributed by atoms with E-state index >= 15 is 0 Å². The minimum absolute atomic E-state index is 0.936. The van der Waals surface area contributed by atoms with E-state index in [0.29, 0.717) is 0 Å². The Hall–Kier alpha value is -1.28. The number of benzene rings is 1. The number of thioether (sulfide) groups is 1. The molecule has 0 saturated carbocycles. The second kappa shape index (κ2) is 4.99. The van der Waals surface area contributed by atoms with Gasteiger partial charge in [-0.1, -0.05) is 18.2 Å². The first-order chi connectivity index (χ1) is 7.34. The van der Waals surface area contributed by atoms with Crippen molar-refractivity contribution in [1.29, 1.82) is 0 Å². The van der Waals surface area contributed by atoms with Crippen LogP contribution in [0.2, 0.25) is 0 Å². The molecule has 0 fully saturated rings.